The van der Waals surface area contributed by atoms with E-state index in [1.54, 1.807) is 0 Å². The summed E-state index contributed by atoms with van der Waals surface area (Å²) < 4.78 is 1.01. The highest BCUT2D eigenvalue weighted by Gasteiger charge is 2.27. The lowest BCUT2D eigenvalue weighted by atomic mass is 9.99. The molecule has 1 aliphatic heterocycles. The van der Waals surface area contributed by atoms with Crippen LogP contribution in [-0.2, 0) is 0 Å². The Morgan fingerprint density at radius 1 is 1.47 bits per heavy atom. The minimum absolute atomic E-state index is 0.484. The van der Waals surface area contributed by atoms with E-state index in [0.717, 1.165) is 28.5 Å². The third kappa shape index (κ3) is 3.65. The molecule has 2 unspecified atom stereocenters. The molecule has 2 nitrogen and oxygen atoms in total. The second-order valence-corrected chi connectivity index (χ2v) is 7.01. The van der Waals surface area contributed by atoms with Crippen molar-refractivity contribution in [2.75, 3.05) is 18.0 Å². The fraction of sp³-hybridized carbons (Fsp3) is 0.600. The van der Waals surface area contributed by atoms with Crippen LogP contribution in [0.3, 0.4) is 0 Å². The Labute approximate surface area is 129 Å². The smallest absolute Gasteiger partial charge is 0.0595 e. The van der Waals surface area contributed by atoms with Crippen LogP contribution in [0.25, 0.3) is 0 Å². The zero-order valence-electron chi connectivity index (χ0n) is 11.8. The van der Waals surface area contributed by atoms with Crippen molar-refractivity contribution in [2.24, 2.45) is 5.92 Å². The van der Waals surface area contributed by atoms with E-state index < -0.39 is 0 Å². The molecule has 1 N–H and O–H groups in total. The maximum atomic E-state index is 6.21. The second-order valence-electron chi connectivity index (χ2n) is 5.81. The summed E-state index contributed by atoms with van der Waals surface area (Å²) in [7, 11) is 0. The first-order chi connectivity index (χ1) is 8.99. The van der Waals surface area contributed by atoms with Crippen LogP contribution in [0.5, 0.6) is 0 Å². The Hall–Kier alpha value is -0.250. The third-order valence-corrected chi connectivity index (χ3v) is 5.02. The topological polar surface area (TPSA) is 15.3 Å². The van der Waals surface area contributed by atoms with E-state index in [9.17, 15) is 0 Å². The van der Waals surface area contributed by atoms with E-state index in [-0.39, 0.29) is 0 Å². The van der Waals surface area contributed by atoms with E-state index in [0.29, 0.717) is 12.1 Å². The lowest BCUT2D eigenvalue weighted by Gasteiger charge is -2.41. The van der Waals surface area contributed by atoms with Gasteiger partial charge < -0.3 is 10.2 Å². The maximum Gasteiger partial charge on any atom is 0.0595 e. The predicted octanol–water partition coefficient (Wildman–Crippen LogP) is 4.32. The fourth-order valence-corrected chi connectivity index (χ4v) is 3.37. The standard InChI is InChI=1S/C15H22BrClN2/c1-10(2)7-12-9-19(11(3)8-18-12)14-6-4-5-13(17)15(14)16/h4-6,10-12,18H,7-9H2,1-3H3. The van der Waals surface area contributed by atoms with Gasteiger partial charge in [0.25, 0.3) is 0 Å². The van der Waals surface area contributed by atoms with Gasteiger partial charge in [0.05, 0.1) is 15.2 Å². The highest BCUT2D eigenvalue weighted by Crippen LogP contribution is 2.34. The molecule has 19 heavy (non-hydrogen) atoms. The molecule has 2 rings (SSSR count). The highest BCUT2D eigenvalue weighted by molar-refractivity contribution is 9.10. The average molecular weight is 346 g/mol. The molecule has 2 atom stereocenters. The van der Waals surface area contributed by atoms with E-state index >= 15 is 0 Å². The van der Waals surface area contributed by atoms with Crippen LogP contribution in [0.2, 0.25) is 5.02 Å². The van der Waals surface area contributed by atoms with Gasteiger partial charge in [-0.15, -0.1) is 0 Å². The van der Waals surface area contributed by atoms with Crippen molar-refractivity contribution in [3.8, 4) is 0 Å². The van der Waals surface area contributed by atoms with E-state index in [2.05, 4.69) is 53.0 Å². The van der Waals surface area contributed by atoms with Crippen molar-refractivity contribution in [1.82, 2.24) is 5.32 Å². The molecule has 0 aromatic heterocycles. The lowest BCUT2D eigenvalue weighted by Crippen LogP contribution is -2.56. The first-order valence-electron chi connectivity index (χ1n) is 6.93. The van der Waals surface area contributed by atoms with Gasteiger partial charge in [-0.3, -0.25) is 0 Å². The van der Waals surface area contributed by atoms with Crippen LogP contribution in [0.4, 0.5) is 5.69 Å². The average Bonchev–Trinajstić information content (AvgIpc) is 2.35. The quantitative estimate of drug-likeness (QED) is 0.878. The molecule has 1 aromatic rings. The molecule has 0 bridgehead atoms. The number of anilines is 1. The van der Waals surface area contributed by atoms with Crippen LogP contribution in [0.1, 0.15) is 27.2 Å². The van der Waals surface area contributed by atoms with Crippen LogP contribution in [0, 0.1) is 5.92 Å². The van der Waals surface area contributed by atoms with Crippen LogP contribution >= 0.6 is 27.5 Å². The summed E-state index contributed by atoms with van der Waals surface area (Å²) in [5, 5.41) is 4.43. The number of halogens is 2. The zero-order valence-corrected chi connectivity index (χ0v) is 14.1. The van der Waals surface area contributed by atoms with Crippen molar-refractivity contribution in [3.05, 3.63) is 27.7 Å². The molecule has 0 aliphatic carbocycles. The number of piperazine rings is 1. The second kappa shape index (κ2) is 6.47. The predicted molar refractivity (Wildman–Crippen MR) is 87.2 cm³/mol. The van der Waals surface area contributed by atoms with E-state index in [1.807, 2.05) is 12.1 Å². The van der Waals surface area contributed by atoms with Gasteiger partial charge in [0.1, 0.15) is 0 Å². The molecular weight excluding hydrogens is 324 g/mol. The van der Waals surface area contributed by atoms with Crippen molar-refractivity contribution < 1.29 is 0 Å². The third-order valence-electron chi connectivity index (χ3n) is 3.65. The largest absolute Gasteiger partial charge is 0.365 e. The summed E-state index contributed by atoms with van der Waals surface area (Å²) >= 11 is 9.83. The van der Waals surface area contributed by atoms with Gasteiger partial charge in [0.2, 0.25) is 0 Å². The number of hydrogen-bond donors (Lipinski definition) is 1. The minimum atomic E-state index is 0.484. The monoisotopic (exact) mass is 344 g/mol. The summed E-state index contributed by atoms with van der Waals surface area (Å²) in [5.41, 5.74) is 1.20. The van der Waals surface area contributed by atoms with Gasteiger partial charge in [-0.1, -0.05) is 31.5 Å². The number of nitrogens with zero attached hydrogens (tertiary/aromatic N) is 1. The first kappa shape index (κ1) is 15.1. The molecule has 4 heteroatoms. The summed E-state index contributed by atoms with van der Waals surface area (Å²) in [4.78, 5) is 2.46. The Kier molecular flexibility index (Phi) is 5.15. The van der Waals surface area contributed by atoms with Crippen LogP contribution < -0.4 is 10.2 Å². The molecule has 1 aromatic carbocycles. The molecule has 1 aliphatic rings. The normalized spacial score (nSPS) is 24.0. The summed E-state index contributed by atoms with van der Waals surface area (Å²) in [6.07, 6.45) is 1.21. The molecule has 106 valence electrons. The molecule has 0 spiro atoms. The molecule has 1 saturated heterocycles. The van der Waals surface area contributed by atoms with Crippen LogP contribution in [-0.4, -0.2) is 25.2 Å². The fourth-order valence-electron chi connectivity index (χ4n) is 2.71. The van der Waals surface area contributed by atoms with Gasteiger partial charge in [-0.05, 0) is 47.3 Å². The Morgan fingerprint density at radius 2 is 2.21 bits per heavy atom. The SMILES string of the molecule is CC(C)CC1CN(c2cccc(Cl)c2Br)C(C)CN1. The van der Waals surface area contributed by atoms with Gasteiger partial charge in [0.15, 0.2) is 0 Å². The lowest BCUT2D eigenvalue weighted by molar-refractivity contribution is 0.355. The summed E-state index contributed by atoms with van der Waals surface area (Å²) in [6, 6.07) is 7.13. The highest BCUT2D eigenvalue weighted by atomic mass is 79.9. The number of hydrogen-bond acceptors (Lipinski definition) is 2. The van der Waals surface area contributed by atoms with Crippen LogP contribution in [0.15, 0.2) is 22.7 Å². The molecule has 0 radical (unpaired) electrons. The molecular formula is C15H22BrClN2. The van der Waals surface area contributed by atoms with Crippen molar-refractivity contribution in [1.29, 1.82) is 0 Å². The zero-order chi connectivity index (χ0) is 14.0. The van der Waals surface area contributed by atoms with Crippen molar-refractivity contribution in [3.63, 3.8) is 0 Å². The minimum Gasteiger partial charge on any atom is -0.365 e. The summed E-state index contributed by atoms with van der Waals surface area (Å²) in [6.45, 7) is 8.87. The Bertz CT molecular complexity index is 436. The molecule has 0 saturated carbocycles. The molecule has 1 heterocycles. The molecule has 0 amide bonds. The van der Waals surface area contributed by atoms with Gasteiger partial charge in [0, 0.05) is 25.2 Å². The number of nitrogens with one attached hydrogen (secondary N) is 1. The van der Waals surface area contributed by atoms with Gasteiger partial charge in [-0.25, -0.2) is 0 Å². The summed E-state index contributed by atoms with van der Waals surface area (Å²) in [5.74, 6) is 0.718. The van der Waals surface area contributed by atoms with Crippen molar-refractivity contribution in [2.45, 2.75) is 39.3 Å². The van der Waals surface area contributed by atoms with E-state index in [1.165, 1.54) is 12.1 Å². The van der Waals surface area contributed by atoms with Gasteiger partial charge >= 0.3 is 0 Å². The number of rotatable bonds is 3. The maximum absolute atomic E-state index is 6.21. The molecule has 1 fully saturated rings. The van der Waals surface area contributed by atoms with E-state index in [4.69, 9.17) is 11.6 Å². The Morgan fingerprint density at radius 3 is 2.89 bits per heavy atom. The van der Waals surface area contributed by atoms with Gasteiger partial charge in [-0.2, -0.15) is 0 Å². The first-order valence-corrected chi connectivity index (χ1v) is 8.10. The number of benzene rings is 1. The van der Waals surface area contributed by atoms with Crippen molar-refractivity contribution >= 4 is 33.2 Å². The Balaban J connectivity index is 2.19.